The molecule has 8 nitrogen and oxygen atoms in total. The molecule has 0 bridgehead atoms. The van der Waals surface area contributed by atoms with E-state index in [4.69, 9.17) is 10.5 Å². The fraction of sp³-hybridized carbons (Fsp3) is 0.333. The third kappa shape index (κ3) is 3.64. The molecule has 0 spiro atoms. The number of nitrogens with zero attached hydrogens (tertiary/aromatic N) is 2. The van der Waals surface area contributed by atoms with Gasteiger partial charge in [0, 0.05) is 24.7 Å². The van der Waals surface area contributed by atoms with Crippen LogP contribution in [0, 0.1) is 10.1 Å². The van der Waals surface area contributed by atoms with Crippen LogP contribution < -0.4 is 16.0 Å². The summed E-state index contributed by atoms with van der Waals surface area (Å²) in [5.41, 5.74) is 5.69. The third-order valence-electron chi connectivity index (χ3n) is 3.02. The first-order chi connectivity index (χ1) is 9.99. The van der Waals surface area contributed by atoms with Crippen molar-refractivity contribution in [1.29, 1.82) is 0 Å². The number of rotatable bonds is 3. The molecule has 1 aliphatic heterocycles. The molecule has 0 atom stereocenters. The van der Waals surface area contributed by atoms with Gasteiger partial charge >= 0.3 is 0 Å². The largest absolute Gasteiger partial charge is 0.378 e. The highest BCUT2D eigenvalue weighted by Gasteiger charge is 2.23. The fourth-order valence-electron chi connectivity index (χ4n) is 2.07. The van der Waals surface area contributed by atoms with Crippen molar-refractivity contribution in [3.05, 3.63) is 33.9 Å². The van der Waals surface area contributed by atoms with E-state index in [9.17, 15) is 14.9 Å². The van der Waals surface area contributed by atoms with Crippen LogP contribution in [0.3, 0.4) is 0 Å². The van der Waals surface area contributed by atoms with Crippen molar-refractivity contribution in [3.8, 4) is 0 Å². The molecular weight excluding hydrogens is 296 g/mol. The first-order valence-electron chi connectivity index (χ1n) is 6.21. The van der Waals surface area contributed by atoms with E-state index < -0.39 is 10.8 Å². The smallest absolute Gasteiger partial charge is 0.293 e. The molecule has 3 N–H and O–H groups in total. The van der Waals surface area contributed by atoms with Crippen LogP contribution in [0.15, 0.2) is 18.2 Å². The van der Waals surface area contributed by atoms with Gasteiger partial charge in [-0.1, -0.05) is 0 Å². The van der Waals surface area contributed by atoms with Gasteiger partial charge < -0.3 is 15.4 Å². The molecular formula is C12H14N4O4S. The number of nitrogens with two attached hydrogens (primary N) is 1. The summed E-state index contributed by atoms with van der Waals surface area (Å²) in [6.45, 7) is 2.17. The van der Waals surface area contributed by atoms with E-state index in [-0.39, 0.29) is 16.4 Å². The molecule has 9 heteroatoms. The molecule has 1 aromatic rings. The lowest BCUT2D eigenvalue weighted by Gasteiger charge is -2.28. The zero-order chi connectivity index (χ0) is 15.4. The summed E-state index contributed by atoms with van der Waals surface area (Å²) in [7, 11) is 0. The minimum atomic E-state index is -0.570. The lowest BCUT2D eigenvalue weighted by molar-refractivity contribution is -0.384. The van der Waals surface area contributed by atoms with Crippen LogP contribution in [0.25, 0.3) is 0 Å². The number of hydrogen-bond donors (Lipinski definition) is 2. The van der Waals surface area contributed by atoms with Gasteiger partial charge in [-0.15, -0.1) is 0 Å². The number of anilines is 1. The minimum absolute atomic E-state index is 0.131. The number of nitro groups is 1. The predicted molar refractivity (Wildman–Crippen MR) is 80.4 cm³/mol. The van der Waals surface area contributed by atoms with Crippen LogP contribution >= 0.6 is 12.2 Å². The van der Waals surface area contributed by atoms with Crippen LogP contribution in [0.5, 0.6) is 0 Å². The lowest BCUT2D eigenvalue weighted by atomic mass is 10.1. The fourth-order valence-corrected chi connectivity index (χ4v) is 2.16. The molecule has 1 saturated heterocycles. The Hall–Kier alpha value is -2.26. The molecule has 21 heavy (non-hydrogen) atoms. The van der Waals surface area contributed by atoms with Crippen molar-refractivity contribution >= 4 is 34.6 Å². The molecule has 0 radical (unpaired) electrons. The summed E-state index contributed by atoms with van der Waals surface area (Å²) in [4.78, 5) is 24.4. The Morgan fingerprint density at radius 3 is 2.67 bits per heavy atom. The normalized spacial score (nSPS) is 14.6. The molecule has 1 aliphatic rings. The Morgan fingerprint density at radius 1 is 1.43 bits per heavy atom. The van der Waals surface area contributed by atoms with Crippen LogP contribution in [0.4, 0.5) is 11.4 Å². The van der Waals surface area contributed by atoms with Gasteiger partial charge in [0.15, 0.2) is 5.11 Å². The number of morpholine rings is 1. The zero-order valence-corrected chi connectivity index (χ0v) is 11.9. The lowest BCUT2D eigenvalue weighted by Crippen LogP contribution is -2.37. The number of carbonyl (C=O) groups is 1. The van der Waals surface area contributed by atoms with E-state index in [0.717, 1.165) is 0 Å². The number of ether oxygens (including phenoxy) is 1. The molecule has 0 unspecified atom stereocenters. The van der Waals surface area contributed by atoms with E-state index in [0.29, 0.717) is 32.0 Å². The van der Waals surface area contributed by atoms with Gasteiger partial charge in [0.25, 0.3) is 11.6 Å². The van der Waals surface area contributed by atoms with Crippen molar-refractivity contribution in [3.63, 3.8) is 0 Å². The van der Waals surface area contributed by atoms with Crippen molar-refractivity contribution < 1.29 is 14.5 Å². The predicted octanol–water partition coefficient (Wildman–Crippen LogP) is 0.405. The maximum atomic E-state index is 11.8. The molecule has 0 aromatic heterocycles. The molecule has 1 amide bonds. The molecule has 1 aromatic carbocycles. The van der Waals surface area contributed by atoms with Gasteiger partial charge in [0.05, 0.1) is 18.1 Å². The number of hydrogen-bond acceptors (Lipinski definition) is 6. The summed E-state index contributed by atoms with van der Waals surface area (Å²) in [5, 5.41) is 13.3. The Bertz CT molecular complexity index is 587. The van der Waals surface area contributed by atoms with Gasteiger partial charge in [0.2, 0.25) is 0 Å². The third-order valence-corrected chi connectivity index (χ3v) is 3.12. The number of carbonyl (C=O) groups excluding carboxylic acids is 1. The van der Waals surface area contributed by atoms with Gasteiger partial charge in [0.1, 0.15) is 5.69 Å². The molecule has 0 aliphatic carbocycles. The molecule has 112 valence electrons. The van der Waals surface area contributed by atoms with Gasteiger partial charge in [-0.25, -0.2) is 0 Å². The van der Waals surface area contributed by atoms with Gasteiger partial charge in [-0.05, 0) is 24.4 Å². The van der Waals surface area contributed by atoms with Crippen LogP contribution in [-0.4, -0.2) is 42.2 Å². The average molecular weight is 310 g/mol. The van der Waals surface area contributed by atoms with Crippen molar-refractivity contribution in [1.82, 2.24) is 5.32 Å². The van der Waals surface area contributed by atoms with Gasteiger partial charge in [-0.2, -0.15) is 0 Å². The van der Waals surface area contributed by atoms with Crippen molar-refractivity contribution in [2.75, 3.05) is 31.2 Å². The quantitative estimate of drug-likeness (QED) is 0.472. The highest BCUT2D eigenvalue weighted by atomic mass is 32.1. The second-order valence-corrected chi connectivity index (χ2v) is 4.82. The van der Waals surface area contributed by atoms with E-state index in [1.807, 2.05) is 4.90 Å². The number of nitrogens with one attached hydrogen (secondary N) is 1. The Labute approximate surface area is 126 Å². The molecule has 2 rings (SSSR count). The second kappa shape index (κ2) is 6.46. The average Bonchev–Trinajstić information content (AvgIpc) is 2.46. The van der Waals surface area contributed by atoms with Crippen molar-refractivity contribution in [2.45, 2.75) is 0 Å². The first kappa shape index (κ1) is 15.1. The molecule has 1 fully saturated rings. The molecule has 1 heterocycles. The highest BCUT2D eigenvalue weighted by molar-refractivity contribution is 7.80. The highest BCUT2D eigenvalue weighted by Crippen LogP contribution is 2.29. The van der Waals surface area contributed by atoms with E-state index in [2.05, 4.69) is 17.5 Å². The number of benzene rings is 1. The zero-order valence-electron chi connectivity index (χ0n) is 11.1. The van der Waals surface area contributed by atoms with Crippen LogP contribution in [-0.2, 0) is 4.74 Å². The van der Waals surface area contributed by atoms with Crippen LogP contribution in [0.1, 0.15) is 10.4 Å². The summed E-state index contributed by atoms with van der Waals surface area (Å²) in [6, 6.07) is 4.28. The topological polar surface area (TPSA) is 111 Å². The number of thiocarbonyl (C=S) groups is 1. The Kier molecular flexibility index (Phi) is 4.66. The summed E-state index contributed by atoms with van der Waals surface area (Å²) in [6.07, 6.45) is 0. The van der Waals surface area contributed by atoms with Crippen LogP contribution in [0.2, 0.25) is 0 Å². The maximum Gasteiger partial charge on any atom is 0.293 e. The summed E-state index contributed by atoms with van der Waals surface area (Å²) < 4.78 is 5.22. The number of nitro benzene ring substituents is 1. The first-order valence-corrected chi connectivity index (χ1v) is 6.62. The second-order valence-electron chi connectivity index (χ2n) is 4.38. The maximum absolute atomic E-state index is 11.8. The minimum Gasteiger partial charge on any atom is -0.378 e. The Morgan fingerprint density at radius 2 is 2.10 bits per heavy atom. The molecule has 0 saturated carbocycles. The SMILES string of the molecule is NC(=S)NC(=O)c1ccc(N2CCOCC2)c([N+](=O)[O-])c1. The van der Waals surface area contributed by atoms with Crippen molar-refractivity contribution in [2.24, 2.45) is 5.73 Å². The summed E-state index contributed by atoms with van der Waals surface area (Å²) in [5.74, 6) is -0.570. The Balaban J connectivity index is 2.32. The number of amides is 1. The monoisotopic (exact) mass is 310 g/mol. The standard InChI is InChI=1S/C12H14N4O4S/c13-12(21)14-11(17)8-1-2-9(10(7-8)16(18)19)15-3-5-20-6-4-15/h1-2,7H,3-6H2,(H3,13,14,17,21). The van der Waals surface area contributed by atoms with E-state index >= 15 is 0 Å². The van der Waals surface area contributed by atoms with E-state index in [1.165, 1.54) is 12.1 Å². The summed E-state index contributed by atoms with van der Waals surface area (Å²) >= 11 is 4.57. The van der Waals surface area contributed by atoms with Gasteiger partial charge in [-0.3, -0.25) is 20.2 Å². The van der Waals surface area contributed by atoms with E-state index in [1.54, 1.807) is 6.07 Å².